The molecule has 0 saturated carbocycles. The largest absolute Gasteiger partial charge is 0.465 e. The molecule has 1 atom stereocenters. The van der Waals surface area contributed by atoms with Crippen LogP contribution in [-0.2, 0) is 22.4 Å². The van der Waals surface area contributed by atoms with Crippen molar-refractivity contribution in [2.24, 2.45) is 5.92 Å². The van der Waals surface area contributed by atoms with E-state index in [4.69, 9.17) is 4.74 Å². The van der Waals surface area contributed by atoms with Crippen molar-refractivity contribution in [3.05, 3.63) is 20.8 Å². The van der Waals surface area contributed by atoms with Crippen LogP contribution in [0, 0.1) is 5.92 Å². The van der Waals surface area contributed by atoms with Crippen molar-refractivity contribution in [2.75, 3.05) is 12.4 Å². The summed E-state index contributed by atoms with van der Waals surface area (Å²) in [6, 6.07) is 0. The quantitative estimate of drug-likeness (QED) is 0.508. The topological polar surface area (TPSA) is 72.0 Å². The van der Waals surface area contributed by atoms with Gasteiger partial charge in [0, 0.05) is 4.88 Å². The lowest BCUT2D eigenvalue weighted by molar-refractivity contribution is -0.140. The summed E-state index contributed by atoms with van der Waals surface area (Å²) in [4.78, 5) is 33.4. The Morgan fingerprint density at radius 2 is 2.35 bits per heavy atom. The number of thioether (sulfide) groups is 1. The maximum Gasteiger partial charge on any atom is 0.316 e. The van der Waals surface area contributed by atoms with Crippen LogP contribution in [0.15, 0.2) is 9.95 Å². The summed E-state index contributed by atoms with van der Waals surface area (Å²) in [6.45, 7) is 4.62. The Bertz CT molecular complexity index is 781. The second-order valence-corrected chi connectivity index (χ2v) is 7.96. The molecule has 1 N–H and O–H groups in total. The van der Waals surface area contributed by atoms with Gasteiger partial charge in [0.15, 0.2) is 5.16 Å². The number of nitrogens with zero attached hydrogens (tertiary/aromatic N) is 1. The zero-order valence-corrected chi connectivity index (χ0v) is 14.9. The van der Waals surface area contributed by atoms with Gasteiger partial charge in [0.25, 0.3) is 5.56 Å². The minimum atomic E-state index is -0.279. The lowest BCUT2D eigenvalue weighted by atomic mass is 9.89. The molecule has 1 aliphatic carbocycles. The van der Waals surface area contributed by atoms with Crippen molar-refractivity contribution >= 4 is 39.3 Å². The summed E-state index contributed by atoms with van der Waals surface area (Å²) >= 11 is 2.84. The maximum atomic E-state index is 12.4. The second-order valence-electron chi connectivity index (χ2n) is 5.91. The molecule has 1 aliphatic rings. The third-order valence-electron chi connectivity index (χ3n) is 3.94. The fourth-order valence-corrected chi connectivity index (χ4v) is 4.88. The molecule has 0 aromatic carbocycles. The van der Waals surface area contributed by atoms with Gasteiger partial charge in [-0.2, -0.15) is 0 Å². The summed E-state index contributed by atoms with van der Waals surface area (Å²) in [5, 5.41) is 1.23. The Labute approximate surface area is 142 Å². The van der Waals surface area contributed by atoms with Crippen LogP contribution in [0.2, 0.25) is 0 Å². The first-order chi connectivity index (χ1) is 11.1. The van der Waals surface area contributed by atoms with Crippen molar-refractivity contribution in [3.63, 3.8) is 0 Å². The van der Waals surface area contributed by atoms with Crippen LogP contribution >= 0.6 is 23.1 Å². The monoisotopic (exact) mass is 352 g/mol. The van der Waals surface area contributed by atoms with E-state index in [1.165, 1.54) is 22.2 Å². The Morgan fingerprint density at radius 3 is 3.13 bits per heavy atom. The standard InChI is InChI=1S/C16H20N2O3S2/c1-3-6-21-12(19)8-22-16-17-14(20)13-10-5-4-9(2)7-11(10)23-15(13)18-16/h9H,3-8H2,1-2H3,(H,17,18,20)/t9-/m0/s1. The number of rotatable bonds is 5. The minimum Gasteiger partial charge on any atom is -0.465 e. The molecule has 0 aliphatic heterocycles. The van der Waals surface area contributed by atoms with Crippen molar-refractivity contribution in [1.29, 1.82) is 0 Å². The van der Waals surface area contributed by atoms with E-state index in [1.54, 1.807) is 11.3 Å². The van der Waals surface area contributed by atoms with Crippen LogP contribution < -0.4 is 5.56 Å². The Morgan fingerprint density at radius 1 is 1.52 bits per heavy atom. The molecule has 7 heteroatoms. The molecule has 0 unspecified atom stereocenters. The van der Waals surface area contributed by atoms with Gasteiger partial charge >= 0.3 is 5.97 Å². The van der Waals surface area contributed by atoms with E-state index >= 15 is 0 Å². The van der Waals surface area contributed by atoms with Crippen LogP contribution in [0.5, 0.6) is 0 Å². The van der Waals surface area contributed by atoms with Gasteiger partial charge in [0.05, 0.1) is 17.7 Å². The summed E-state index contributed by atoms with van der Waals surface area (Å²) < 4.78 is 5.03. The summed E-state index contributed by atoms with van der Waals surface area (Å²) in [5.41, 5.74) is 1.09. The molecule has 0 radical (unpaired) electrons. The summed E-state index contributed by atoms with van der Waals surface area (Å²) in [7, 11) is 0. The lowest BCUT2D eigenvalue weighted by Gasteiger charge is -2.17. The molecule has 124 valence electrons. The van der Waals surface area contributed by atoms with E-state index in [-0.39, 0.29) is 17.3 Å². The SMILES string of the molecule is CCCOC(=O)CSc1nc2sc3c(c2c(=O)[nH]1)CC[C@H](C)C3. The van der Waals surface area contributed by atoms with E-state index < -0.39 is 0 Å². The number of ether oxygens (including phenoxy) is 1. The predicted octanol–water partition coefficient (Wildman–Crippen LogP) is 3.15. The molecule has 0 spiro atoms. The molecule has 0 amide bonds. The van der Waals surface area contributed by atoms with Gasteiger partial charge in [-0.25, -0.2) is 4.98 Å². The first kappa shape index (κ1) is 16.5. The van der Waals surface area contributed by atoms with E-state index in [9.17, 15) is 9.59 Å². The fourth-order valence-electron chi connectivity index (χ4n) is 2.78. The molecular weight excluding hydrogens is 332 g/mol. The van der Waals surface area contributed by atoms with Gasteiger partial charge in [-0.1, -0.05) is 25.6 Å². The van der Waals surface area contributed by atoms with E-state index in [1.807, 2.05) is 6.92 Å². The lowest BCUT2D eigenvalue weighted by Crippen LogP contribution is -2.14. The molecular formula is C16H20N2O3S2. The summed E-state index contributed by atoms with van der Waals surface area (Å²) in [5.74, 6) is 0.548. The third-order valence-corrected chi connectivity index (χ3v) is 5.93. The molecule has 2 aromatic rings. The number of aromatic nitrogens is 2. The number of carbonyl (C=O) groups is 1. The maximum absolute atomic E-state index is 12.4. The Hall–Kier alpha value is -1.34. The van der Waals surface area contributed by atoms with E-state index in [2.05, 4.69) is 16.9 Å². The highest BCUT2D eigenvalue weighted by atomic mass is 32.2. The van der Waals surface area contributed by atoms with Crippen molar-refractivity contribution in [3.8, 4) is 0 Å². The molecule has 3 rings (SSSR count). The van der Waals surface area contributed by atoms with Crippen LogP contribution in [-0.4, -0.2) is 28.3 Å². The highest BCUT2D eigenvalue weighted by molar-refractivity contribution is 7.99. The average molecular weight is 352 g/mol. The highest BCUT2D eigenvalue weighted by Gasteiger charge is 2.23. The first-order valence-corrected chi connectivity index (χ1v) is 9.71. The normalized spacial score (nSPS) is 17.2. The second kappa shape index (κ2) is 7.05. The van der Waals surface area contributed by atoms with Gasteiger partial charge in [0.1, 0.15) is 4.83 Å². The van der Waals surface area contributed by atoms with Crippen molar-refractivity contribution in [2.45, 2.75) is 44.7 Å². The van der Waals surface area contributed by atoms with Crippen LogP contribution in [0.1, 0.15) is 37.1 Å². The number of nitrogens with one attached hydrogen (secondary N) is 1. The molecule has 2 aromatic heterocycles. The number of fused-ring (bicyclic) bond motifs is 3. The number of esters is 1. The van der Waals surface area contributed by atoms with E-state index in [0.717, 1.165) is 35.9 Å². The smallest absolute Gasteiger partial charge is 0.316 e. The molecule has 5 nitrogen and oxygen atoms in total. The zero-order chi connectivity index (χ0) is 16.4. The Kier molecular flexibility index (Phi) is 5.06. The predicted molar refractivity (Wildman–Crippen MR) is 93.4 cm³/mol. The average Bonchev–Trinajstić information content (AvgIpc) is 2.88. The van der Waals surface area contributed by atoms with Crippen LogP contribution in [0.25, 0.3) is 10.2 Å². The summed E-state index contributed by atoms with van der Waals surface area (Å²) in [6.07, 6.45) is 3.91. The van der Waals surface area contributed by atoms with E-state index in [0.29, 0.717) is 17.7 Å². The molecule has 0 bridgehead atoms. The third kappa shape index (κ3) is 3.61. The van der Waals surface area contributed by atoms with Gasteiger partial charge in [-0.15, -0.1) is 11.3 Å². The molecule has 2 heterocycles. The minimum absolute atomic E-state index is 0.0912. The zero-order valence-electron chi connectivity index (χ0n) is 13.3. The molecule has 23 heavy (non-hydrogen) atoms. The number of carbonyl (C=O) groups excluding carboxylic acids is 1. The number of aryl methyl sites for hydroxylation is 1. The number of H-pyrrole nitrogens is 1. The van der Waals surface area contributed by atoms with Gasteiger partial charge < -0.3 is 9.72 Å². The highest BCUT2D eigenvalue weighted by Crippen LogP contribution is 2.36. The van der Waals surface area contributed by atoms with Crippen molar-refractivity contribution in [1.82, 2.24) is 9.97 Å². The van der Waals surface area contributed by atoms with Crippen LogP contribution in [0.4, 0.5) is 0 Å². The van der Waals surface area contributed by atoms with Gasteiger partial charge in [-0.3, -0.25) is 9.59 Å². The number of aromatic amines is 1. The molecule has 0 fully saturated rings. The number of hydrogen-bond acceptors (Lipinski definition) is 6. The van der Waals surface area contributed by atoms with Gasteiger partial charge in [-0.05, 0) is 37.2 Å². The first-order valence-electron chi connectivity index (χ1n) is 7.91. The molecule has 0 saturated heterocycles. The van der Waals surface area contributed by atoms with Crippen LogP contribution in [0.3, 0.4) is 0 Å². The number of thiophene rings is 1. The number of hydrogen-bond donors (Lipinski definition) is 1. The van der Waals surface area contributed by atoms with Gasteiger partial charge in [0.2, 0.25) is 0 Å². The fraction of sp³-hybridized carbons (Fsp3) is 0.562. The van der Waals surface area contributed by atoms with Crippen molar-refractivity contribution < 1.29 is 9.53 Å². The Balaban J connectivity index is 1.81.